The zero-order valence-corrected chi connectivity index (χ0v) is 8.73. The monoisotopic (exact) mass is 201 g/mol. The molecular weight excluding hydrogens is 186 g/mol. The van der Waals surface area contributed by atoms with E-state index in [1.165, 1.54) is 0 Å². The molecule has 1 rings (SSSR count). The molecule has 0 unspecified atom stereocenters. The maximum Gasteiger partial charge on any atom is 0.223 e. The van der Waals surface area contributed by atoms with Crippen LogP contribution in [0.1, 0.15) is 19.3 Å². The van der Waals surface area contributed by atoms with E-state index in [-0.39, 0.29) is 11.7 Å². The third-order valence-corrected chi connectivity index (χ3v) is 2.74. The van der Waals surface area contributed by atoms with Crippen LogP contribution in [0.5, 0.6) is 0 Å². The predicted octanol–water partition coefficient (Wildman–Crippen LogP) is 0.931. The Kier molecular flexibility index (Phi) is 4.28. The van der Waals surface area contributed by atoms with Gasteiger partial charge < -0.3 is 4.90 Å². The number of amides is 1. The van der Waals surface area contributed by atoms with Gasteiger partial charge in [0.2, 0.25) is 5.91 Å². The molecule has 0 aromatic heterocycles. The van der Waals surface area contributed by atoms with Crippen molar-refractivity contribution in [1.29, 1.82) is 0 Å². The molecule has 0 aromatic carbocycles. The molecule has 13 heavy (non-hydrogen) atoms. The van der Waals surface area contributed by atoms with Crippen molar-refractivity contribution in [1.82, 2.24) is 4.90 Å². The number of hydrogen-bond acceptors (Lipinski definition) is 3. The second-order valence-corrected chi connectivity index (χ2v) is 4.19. The fourth-order valence-corrected chi connectivity index (χ4v) is 1.78. The van der Waals surface area contributed by atoms with Crippen molar-refractivity contribution in [2.75, 3.05) is 25.1 Å². The van der Waals surface area contributed by atoms with Crippen molar-refractivity contribution in [3.8, 4) is 0 Å². The van der Waals surface area contributed by atoms with Gasteiger partial charge in [0.05, 0.1) is 6.54 Å². The van der Waals surface area contributed by atoms with Crippen LogP contribution in [0.15, 0.2) is 0 Å². The number of thioether (sulfide) groups is 1. The molecule has 0 spiro atoms. The number of rotatable bonds is 3. The van der Waals surface area contributed by atoms with Crippen LogP contribution >= 0.6 is 11.8 Å². The maximum absolute atomic E-state index is 11.5. The Labute approximate surface area is 82.9 Å². The van der Waals surface area contributed by atoms with Gasteiger partial charge >= 0.3 is 0 Å². The molecule has 74 valence electrons. The molecule has 0 bridgehead atoms. The SMILES string of the molecule is CSCCC(=O)N1CCCC(=O)C1. The van der Waals surface area contributed by atoms with Gasteiger partial charge in [-0.1, -0.05) is 0 Å². The summed E-state index contributed by atoms with van der Waals surface area (Å²) in [5, 5.41) is 0. The van der Waals surface area contributed by atoms with Gasteiger partial charge in [-0.3, -0.25) is 9.59 Å². The summed E-state index contributed by atoms with van der Waals surface area (Å²) >= 11 is 1.66. The van der Waals surface area contributed by atoms with Gasteiger partial charge in [-0.05, 0) is 12.7 Å². The second kappa shape index (κ2) is 5.27. The van der Waals surface area contributed by atoms with Gasteiger partial charge in [0.15, 0.2) is 5.78 Å². The minimum Gasteiger partial charge on any atom is -0.335 e. The van der Waals surface area contributed by atoms with E-state index in [0.29, 0.717) is 19.4 Å². The van der Waals surface area contributed by atoms with E-state index in [0.717, 1.165) is 18.7 Å². The van der Waals surface area contributed by atoms with Crippen molar-refractivity contribution in [3.63, 3.8) is 0 Å². The van der Waals surface area contributed by atoms with Gasteiger partial charge in [0.1, 0.15) is 0 Å². The Morgan fingerprint density at radius 2 is 2.38 bits per heavy atom. The minimum absolute atomic E-state index is 0.127. The summed E-state index contributed by atoms with van der Waals surface area (Å²) in [6, 6.07) is 0. The molecule has 1 aliphatic rings. The van der Waals surface area contributed by atoms with E-state index in [9.17, 15) is 9.59 Å². The first-order chi connectivity index (χ1) is 6.24. The molecule has 1 saturated heterocycles. The number of ketones is 1. The van der Waals surface area contributed by atoms with Crippen LogP contribution in [0.25, 0.3) is 0 Å². The summed E-state index contributed by atoms with van der Waals surface area (Å²) in [7, 11) is 0. The normalized spacial score (nSPS) is 17.6. The summed E-state index contributed by atoms with van der Waals surface area (Å²) in [4.78, 5) is 24.2. The Bertz CT molecular complexity index is 206. The number of piperidine rings is 1. The van der Waals surface area contributed by atoms with Crippen LogP contribution in [-0.2, 0) is 9.59 Å². The van der Waals surface area contributed by atoms with Crippen molar-refractivity contribution in [3.05, 3.63) is 0 Å². The molecule has 0 N–H and O–H groups in total. The van der Waals surface area contributed by atoms with E-state index in [1.54, 1.807) is 16.7 Å². The van der Waals surface area contributed by atoms with Gasteiger partial charge in [-0.25, -0.2) is 0 Å². The zero-order valence-electron chi connectivity index (χ0n) is 7.91. The number of hydrogen-bond donors (Lipinski definition) is 0. The molecule has 1 fully saturated rings. The fourth-order valence-electron chi connectivity index (χ4n) is 1.40. The van der Waals surface area contributed by atoms with Gasteiger partial charge in [-0.2, -0.15) is 11.8 Å². The zero-order chi connectivity index (χ0) is 9.68. The first kappa shape index (κ1) is 10.6. The molecule has 0 atom stereocenters. The van der Waals surface area contributed by atoms with E-state index >= 15 is 0 Å². The lowest BCUT2D eigenvalue weighted by molar-refractivity contribution is -0.137. The second-order valence-electron chi connectivity index (χ2n) is 3.20. The fraction of sp³-hybridized carbons (Fsp3) is 0.778. The largest absolute Gasteiger partial charge is 0.335 e. The molecule has 0 aliphatic carbocycles. The lowest BCUT2D eigenvalue weighted by atomic mass is 10.1. The first-order valence-electron chi connectivity index (χ1n) is 4.52. The molecule has 1 amide bonds. The first-order valence-corrected chi connectivity index (χ1v) is 5.92. The average Bonchev–Trinajstić information content (AvgIpc) is 2.14. The van der Waals surface area contributed by atoms with Crippen molar-refractivity contribution in [2.45, 2.75) is 19.3 Å². The highest BCUT2D eigenvalue weighted by molar-refractivity contribution is 7.98. The van der Waals surface area contributed by atoms with Crippen LogP contribution in [0.4, 0.5) is 0 Å². The van der Waals surface area contributed by atoms with Crippen molar-refractivity contribution in [2.24, 2.45) is 0 Å². The highest BCUT2D eigenvalue weighted by atomic mass is 32.2. The number of nitrogens with zero attached hydrogens (tertiary/aromatic N) is 1. The number of Topliss-reactive ketones (excluding diaryl/α,β-unsaturated/α-hetero) is 1. The molecule has 0 radical (unpaired) electrons. The van der Waals surface area contributed by atoms with E-state index in [1.807, 2.05) is 6.26 Å². The molecule has 0 aromatic rings. The Morgan fingerprint density at radius 1 is 1.62 bits per heavy atom. The van der Waals surface area contributed by atoms with Gasteiger partial charge in [0.25, 0.3) is 0 Å². The number of carbonyl (C=O) groups excluding carboxylic acids is 2. The topological polar surface area (TPSA) is 37.4 Å². The third kappa shape index (κ3) is 3.38. The Morgan fingerprint density at radius 3 is 3.00 bits per heavy atom. The van der Waals surface area contributed by atoms with Crippen molar-refractivity contribution < 1.29 is 9.59 Å². The predicted molar refractivity (Wildman–Crippen MR) is 53.8 cm³/mol. The lowest BCUT2D eigenvalue weighted by Gasteiger charge is -2.25. The number of likely N-dealkylation sites (tertiary alicyclic amines) is 1. The van der Waals surface area contributed by atoms with E-state index < -0.39 is 0 Å². The van der Waals surface area contributed by atoms with E-state index in [2.05, 4.69) is 0 Å². The van der Waals surface area contributed by atoms with Crippen molar-refractivity contribution >= 4 is 23.5 Å². The molecule has 3 nitrogen and oxygen atoms in total. The molecular formula is C9H15NO2S. The summed E-state index contributed by atoms with van der Waals surface area (Å²) in [5.74, 6) is 1.18. The summed E-state index contributed by atoms with van der Waals surface area (Å²) in [6.07, 6.45) is 4.03. The van der Waals surface area contributed by atoms with Gasteiger partial charge in [0, 0.05) is 25.1 Å². The highest BCUT2D eigenvalue weighted by Gasteiger charge is 2.20. The van der Waals surface area contributed by atoms with E-state index in [4.69, 9.17) is 0 Å². The number of carbonyl (C=O) groups is 2. The van der Waals surface area contributed by atoms with Gasteiger partial charge in [-0.15, -0.1) is 0 Å². The summed E-state index contributed by atoms with van der Waals surface area (Å²) in [5.41, 5.74) is 0. The maximum atomic E-state index is 11.5. The average molecular weight is 201 g/mol. The lowest BCUT2D eigenvalue weighted by Crippen LogP contribution is -2.40. The summed E-state index contributed by atoms with van der Waals surface area (Å²) in [6.45, 7) is 1.10. The minimum atomic E-state index is 0.127. The van der Waals surface area contributed by atoms with Crippen LogP contribution in [0.3, 0.4) is 0 Å². The molecule has 1 aliphatic heterocycles. The smallest absolute Gasteiger partial charge is 0.223 e. The molecule has 4 heteroatoms. The summed E-state index contributed by atoms with van der Waals surface area (Å²) < 4.78 is 0. The Hall–Kier alpha value is -0.510. The van der Waals surface area contributed by atoms with Crippen LogP contribution in [-0.4, -0.2) is 41.7 Å². The van der Waals surface area contributed by atoms with Crippen LogP contribution in [0.2, 0.25) is 0 Å². The van der Waals surface area contributed by atoms with Crippen LogP contribution in [0, 0.1) is 0 Å². The Balaban J connectivity index is 2.32. The molecule has 1 heterocycles. The highest BCUT2D eigenvalue weighted by Crippen LogP contribution is 2.08. The van der Waals surface area contributed by atoms with Crippen LogP contribution < -0.4 is 0 Å². The molecule has 0 saturated carbocycles. The third-order valence-electron chi connectivity index (χ3n) is 2.12. The standard InChI is InChI=1S/C9H15NO2S/c1-13-6-4-9(12)10-5-2-3-8(11)7-10/h2-7H2,1H3. The quantitative estimate of drug-likeness (QED) is 0.681.